The van der Waals surface area contributed by atoms with E-state index < -0.39 is 5.91 Å². The highest BCUT2D eigenvalue weighted by Crippen LogP contribution is 2.13. The van der Waals surface area contributed by atoms with E-state index in [1.807, 2.05) is 31.4 Å². The lowest BCUT2D eigenvalue weighted by Crippen LogP contribution is -2.30. The molecule has 0 aliphatic carbocycles. The Hall–Kier alpha value is -2.67. The second-order valence-corrected chi connectivity index (χ2v) is 7.23. The van der Waals surface area contributed by atoms with Crippen molar-refractivity contribution in [1.29, 1.82) is 0 Å². The third kappa shape index (κ3) is 6.81. The van der Waals surface area contributed by atoms with Crippen molar-refractivity contribution in [2.45, 2.75) is 33.1 Å². The van der Waals surface area contributed by atoms with E-state index in [1.165, 1.54) is 4.88 Å². The molecule has 0 saturated carbocycles. The molecule has 2 aromatic rings. The average Bonchev–Trinajstić information content (AvgIpc) is 3.21. The Morgan fingerprint density at radius 2 is 1.79 bits per heavy atom. The predicted octanol–water partition coefficient (Wildman–Crippen LogP) is 3.73. The van der Waals surface area contributed by atoms with Gasteiger partial charge in [0.1, 0.15) is 0 Å². The van der Waals surface area contributed by atoms with Crippen LogP contribution in [0, 0.1) is 0 Å². The first kappa shape index (κ1) is 21.6. The van der Waals surface area contributed by atoms with Crippen LogP contribution in [0.15, 0.2) is 41.8 Å². The van der Waals surface area contributed by atoms with Gasteiger partial charge in [0, 0.05) is 35.6 Å². The second-order valence-electron chi connectivity index (χ2n) is 6.20. The molecule has 1 heterocycles. The smallest absolute Gasteiger partial charge is 0.306 e. The topological polar surface area (TPSA) is 75.7 Å². The van der Waals surface area contributed by atoms with Gasteiger partial charge in [-0.1, -0.05) is 6.07 Å². The Morgan fingerprint density at radius 3 is 2.39 bits per heavy atom. The number of nitrogens with zero attached hydrogens (tertiary/aromatic N) is 1. The first-order valence-corrected chi connectivity index (χ1v) is 10.3. The molecule has 28 heavy (non-hydrogen) atoms. The van der Waals surface area contributed by atoms with Crippen LogP contribution in [-0.4, -0.2) is 42.4 Å². The van der Waals surface area contributed by atoms with Gasteiger partial charge in [-0.3, -0.25) is 14.4 Å². The van der Waals surface area contributed by atoms with E-state index in [1.54, 1.807) is 40.5 Å². The SMILES string of the molecule is CCN(CC)C(=O)c1ccc(NC(=O)COC(=O)CCCc2cccs2)cc1. The highest BCUT2D eigenvalue weighted by Gasteiger charge is 2.13. The first-order chi connectivity index (χ1) is 13.5. The van der Waals surface area contributed by atoms with Gasteiger partial charge in [-0.15, -0.1) is 11.3 Å². The fourth-order valence-corrected chi connectivity index (χ4v) is 3.42. The number of rotatable bonds is 10. The van der Waals surface area contributed by atoms with Crippen LogP contribution in [0.4, 0.5) is 5.69 Å². The van der Waals surface area contributed by atoms with E-state index in [4.69, 9.17) is 4.74 Å². The number of anilines is 1. The zero-order chi connectivity index (χ0) is 20.4. The molecule has 150 valence electrons. The lowest BCUT2D eigenvalue weighted by Gasteiger charge is -2.18. The van der Waals surface area contributed by atoms with Gasteiger partial charge in [-0.2, -0.15) is 0 Å². The van der Waals surface area contributed by atoms with Crippen LogP contribution in [0.3, 0.4) is 0 Å². The summed E-state index contributed by atoms with van der Waals surface area (Å²) in [6.07, 6.45) is 1.81. The van der Waals surface area contributed by atoms with E-state index in [0.29, 0.717) is 30.8 Å². The van der Waals surface area contributed by atoms with E-state index in [-0.39, 0.29) is 24.9 Å². The predicted molar refractivity (Wildman–Crippen MR) is 111 cm³/mol. The average molecular weight is 403 g/mol. The van der Waals surface area contributed by atoms with E-state index in [0.717, 1.165) is 6.42 Å². The van der Waals surface area contributed by atoms with Crippen molar-refractivity contribution >= 4 is 34.8 Å². The van der Waals surface area contributed by atoms with Gasteiger partial charge in [0.05, 0.1) is 0 Å². The normalized spacial score (nSPS) is 10.4. The lowest BCUT2D eigenvalue weighted by atomic mass is 10.2. The van der Waals surface area contributed by atoms with Gasteiger partial charge in [0.25, 0.3) is 11.8 Å². The van der Waals surface area contributed by atoms with Gasteiger partial charge in [-0.05, 0) is 62.4 Å². The second kappa shape index (κ2) is 11.2. The summed E-state index contributed by atoms with van der Waals surface area (Å²) in [7, 11) is 0. The quantitative estimate of drug-likeness (QED) is 0.615. The molecule has 0 fully saturated rings. The Kier molecular flexibility index (Phi) is 8.68. The summed E-state index contributed by atoms with van der Waals surface area (Å²) in [5, 5.41) is 4.66. The lowest BCUT2D eigenvalue weighted by molar-refractivity contribution is -0.147. The van der Waals surface area contributed by atoms with Crippen molar-refractivity contribution in [3.8, 4) is 0 Å². The van der Waals surface area contributed by atoms with Crippen molar-refractivity contribution in [2.75, 3.05) is 25.0 Å². The summed E-state index contributed by atoms with van der Waals surface area (Å²) in [6.45, 7) is 4.83. The maximum atomic E-state index is 12.3. The molecule has 1 aromatic heterocycles. The monoisotopic (exact) mass is 402 g/mol. The first-order valence-electron chi connectivity index (χ1n) is 9.40. The fourth-order valence-electron chi connectivity index (χ4n) is 2.67. The molecule has 0 atom stereocenters. The van der Waals surface area contributed by atoms with Crippen LogP contribution in [0.2, 0.25) is 0 Å². The summed E-state index contributed by atoms with van der Waals surface area (Å²) >= 11 is 1.66. The highest BCUT2D eigenvalue weighted by molar-refractivity contribution is 7.09. The Morgan fingerprint density at radius 1 is 1.07 bits per heavy atom. The third-order valence-corrected chi connectivity index (χ3v) is 5.15. The van der Waals surface area contributed by atoms with Crippen LogP contribution >= 0.6 is 11.3 Å². The van der Waals surface area contributed by atoms with E-state index in [9.17, 15) is 14.4 Å². The fraction of sp³-hybridized carbons (Fsp3) is 0.381. The Labute approximate surface area is 169 Å². The Bertz CT molecular complexity index is 768. The number of ether oxygens (including phenoxy) is 1. The number of amides is 2. The summed E-state index contributed by atoms with van der Waals surface area (Å²) < 4.78 is 5.01. The zero-order valence-electron chi connectivity index (χ0n) is 16.3. The number of hydrogen-bond donors (Lipinski definition) is 1. The van der Waals surface area contributed by atoms with Crippen molar-refractivity contribution in [3.63, 3.8) is 0 Å². The maximum Gasteiger partial charge on any atom is 0.306 e. The largest absolute Gasteiger partial charge is 0.456 e. The van der Waals surface area contributed by atoms with Crippen LogP contribution in [-0.2, 0) is 20.7 Å². The molecular weight excluding hydrogens is 376 g/mol. The molecule has 2 amide bonds. The van der Waals surface area contributed by atoms with E-state index in [2.05, 4.69) is 5.32 Å². The third-order valence-electron chi connectivity index (χ3n) is 4.21. The number of nitrogens with one attached hydrogen (secondary N) is 1. The van der Waals surface area contributed by atoms with Crippen LogP contribution in [0.1, 0.15) is 41.9 Å². The molecule has 0 aliphatic rings. The van der Waals surface area contributed by atoms with Gasteiger partial charge >= 0.3 is 5.97 Å². The highest BCUT2D eigenvalue weighted by atomic mass is 32.1. The van der Waals surface area contributed by atoms with Crippen molar-refractivity contribution in [2.24, 2.45) is 0 Å². The molecule has 0 unspecified atom stereocenters. The molecule has 0 bridgehead atoms. The molecule has 6 nitrogen and oxygen atoms in total. The molecular formula is C21H26N2O4S. The van der Waals surface area contributed by atoms with Crippen molar-refractivity contribution in [1.82, 2.24) is 4.90 Å². The number of carbonyl (C=O) groups excluding carboxylic acids is 3. The minimum absolute atomic E-state index is 0.0423. The van der Waals surface area contributed by atoms with E-state index >= 15 is 0 Å². The van der Waals surface area contributed by atoms with Gasteiger partial charge in [-0.25, -0.2) is 0 Å². The number of benzene rings is 1. The zero-order valence-corrected chi connectivity index (χ0v) is 17.1. The summed E-state index contributed by atoms with van der Waals surface area (Å²) in [4.78, 5) is 38.9. The molecule has 0 saturated heterocycles. The number of aryl methyl sites for hydroxylation is 1. The molecule has 2 rings (SSSR count). The van der Waals surface area contributed by atoms with Gasteiger partial charge in [0.15, 0.2) is 6.61 Å². The minimum atomic E-state index is -0.408. The Balaban J connectivity index is 1.72. The minimum Gasteiger partial charge on any atom is -0.456 e. The molecule has 0 spiro atoms. The summed E-state index contributed by atoms with van der Waals surface area (Å²) in [5.41, 5.74) is 1.12. The van der Waals surface area contributed by atoms with Crippen LogP contribution in [0.5, 0.6) is 0 Å². The van der Waals surface area contributed by atoms with Crippen LogP contribution in [0.25, 0.3) is 0 Å². The number of carbonyl (C=O) groups is 3. The summed E-state index contributed by atoms with van der Waals surface area (Å²) in [6, 6.07) is 10.7. The summed E-state index contributed by atoms with van der Waals surface area (Å²) in [5.74, 6) is -0.833. The van der Waals surface area contributed by atoms with Gasteiger partial charge < -0.3 is 15.0 Å². The number of hydrogen-bond acceptors (Lipinski definition) is 5. The van der Waals surface area contributed by atoms with Gasteiger partial charge in [0.2, 0.25) is 0 Å². The van der Waals surface area contributed by atoms with Crippen molar-refractivity contribution < 1.29 is 19.1 Å². The maximum absolute atomic E-state index is 12.3. The number of esters is 1. The van der Waals surface area contributed by atoms with Crippen LogP contribution < -0.4 is 5.32 Å². The van der Waals surface area contributed by atoms with Crippen molar-refractivity contribution in [3.05, 3.63) is 52.2 Å². The molecule has 1 N–H and O–H groups in total. The molecule has 0 radical (unpaired) electrons. The molecule has 1 aromatic carbocycles. The molecule has 7 heteroatoms. The molecule has 0 aliphatic heterocycles. The number of thiophene rings is 1. The standard InChI is InChI=1S/C21H26N2O4S/c1-3-23(4-2)21(26)16-10-12-17(13-11-16)22-19(24)15-27-20(25)9-5-7-18-8-6-14-28-18/h6,8,10-14H,3-5,7,9,15H2,1-2H3,(H,22,24).